The lowest BCUT2D eigenvalue weighted by Gasteiger charge is -2.13. The van der Waals surface area contributed by atoms with Gasteiger partial charge in [-0.05, 0) is 40.7 Å². The molecule has 0 atom stereocenters. The maximum Gasteiger partial charge on any atom is 0.124 e. The molecule has 2 heteroatoms. The lowest BCUT2D eigenvalue weighted by molar-refractivity contribution is 0.303. The largest absolute Gasteiger partial charge is 0.489 e. The molecule has 0 unspecified atom stereocenters. The monoisotopic (exact) mass is 345 g/mol. The Hall–Kier alpha value is -2.58. The van der Waals surface area contributed by atoms with Crippen LogP contribution in [0.1, 0.15) is 30.5 Å². The average Bonchev–Trinajstić information content (AvgIpc) is 2.67. The van der Waals surface area contributed by atoms with E-state index in [4.69, 9.17) is 10.5 Å². The Morgan fingerprint density at radius 3 is 2.15 bits per heavy atom. The van der Waals surface area contributed by atoms with Gasteiger partial charge in [-0.3, -0.25) is 0 Å². The number of hydrogen-bond acceptors (Lipinski definition) is 2. The summed E-state index contributed by atoms with van der Waals surface area (Å²) in [6.07, 6.45) is 1.11. The second kappa shape index (κ2) is 8.68. The molecule has 0 aliphatic rings. The van der Waals surface area contributed by atoms with Gasteiger partial charge in [-0.1, -0.05) is 80.6 Å². The van der Waals surface area contributed by atoms with Gasteiger partial charge in [0, 0.05) is 12.1 Å². The van der Waals surface area contributed by atoms with E-state index in [-0.39, 0.29) is 0 Å². The van der Waals surface area contributed by atoms with Gasteiger partial charge in [0.15, 0.2) is 0 Å². The van der Waals surface area contributed by atoms with Crippen molar-refractivity contribution < 1.29 is 4.74 Å². The first-order valence-corrected chi connectivity index (χ1v) is 9.24. The minimum absolute atomic E-state index is 0.470. The summed E-state index contributed by atoms with van der Waals surface area (Å²) in [6, 6.07) is 25.3. The molecular formula is C24H27NO. The molecule has 0 saturated heterocycles. The van der Waals surface area contributed by atoms with Crippen LogP contribution >= 0.6 is 0 Å². The number of benzene rings is 3. The molecule has 0 aliphatic carbocycles. The van der Waals surface area contributed by atoms with Crippen molar-refractivity contribution in [3.05, 3.63) is 89.5 Å². The molecule has 3 aromatic rings. The van der Waals surface area contributed by atoms with Crippen LogP contribution in [0, 0.1) is 5.92 Å². The minimum atomic E-state index is 0.470. The van der Waals surface area contributed by atoms with E-state index in [0.717, 1.165) is 28.9 Å². The van der Waals surface area contributed by atoms with Gasteiger partial charge in [-0.2, -0.15) is 0 Å². The lowest BCUT2D eigenvalue weighted by Crippen LogP contribution is -2.03. The van der Waals surface area contributed by atoms with Crippen LogP contribution in [0.15, 0.2) is 72.8 Å². The highest BCUT2D eigenvalue weighted by atomic mass is 16.5. The quantitative estimate of drug-likeness (QED) is 0.606. The highest BCUT2D eigenvalue weighted by Gasteiger charge is 2.07. The minimum Gasteiger partial charge on any atom is -0.489 e. The van der Waals surface area contributed by atoms with E-state index >= 15 is 0 Å². The van der Waals surface area contributed by atoms with Gasteiger partial charge in [0.05, 0.1) is 0 Å². The van der Waals surface area contributed by atoms with E-state index in [1.165, 1.54) is 11.1 Å². The van der Waals surface area contributed by atoms with Crippen LogP contribution in [0.5, 0.6) is 5.75 Å². The van der Waals surface area contributed by atoms with Crippen LogP contribution in [-0.4, -0.2) is 0 Å². The van der Waals surface area contributed by atoms with Crippen LogP contribution in [0.25, 0.3) is 11.1 Å². The molecule has 3 aromatic carbocycles. The molecule has 26 heavy (non-hydrogen) atoms. The Morgan fingerprint density at radius 2 is 1.50 bits per heavy atom. The summed E-state index contributed by atoms with van der Waals surface area (Å²) in [7, 11) is 0. The van der Waals surface area contributed by atoms with Crippen molar-refractivity contribution in [1.82, 2.24) is 0 Å². The van der Waals surface area contributed by atoms with Gasteiger partial charge in [-0.15, -0.1) is 0 Å². The molecule has 3 rings (SSSR count). The second-order valence-electron chi connectivity index (χ2n) is 7.10. The van der Waals surface area contributed by atoms with Crippen LogP contribution in [0.2, 0.25) is 0 Å². The first kappa shape index (κ1) is 18.2. The Labute approximate surface area is 156 Å². The first-order valence-electron chi connectivity index (χ1n) is 9.24. The number of rotatable bonds is 7. The average molecular weight is 345 g/mol. The third-order valence-corrected chi connectivity index (χ3v) is 4.46. The molecule has 0 aromatic heterocycles. The fourth-order valence-corrected chi connectivity index (χ4v) is 3.08. The molecule has 2 N–H and O–H groups in total. The Balaban J connectivity index is 1.80. The maximum atomic E-state index is 6.07. The Kier molecular flexibility index (Phi) is 6.08. The fraction of sp³-hybridized carbons (Fsp3) is 0.250. The molecule has 0 bridgehead atoms. The van der Waals surface area contributed by atoms with E-state index in [1.54, 1.807) is 0 Å². The van der Waals surface area contributed by atoms with Gasteiger partial charge in [-0.25, -0.2) is 0 Å². The van der Waals surface area contributed by atoms with Crippen molar-refractivity contribution in [1.29, 1.82) is 0 Å². The second-order valence-corrected chi connectivity index (χ2v) is 7.10. The SMILES string of the molecule is CC(C)Cc1ccc(-c2ccc(CN)c(OCc3ccccc3)c2)cc1. The van der Waals surface area contributed by atoms with E-state index in [0.29, 0.717) is 19.1 Å². The lowest BCUT2D eigenvalue weighted by atomic mass is 9.98. The number of nitrogens with two attached hydrogens (primary N) is 1. The molecule has 0 spiro atoms. The zero-order valence-electron chi connectivity index (χ0n) is 15.6. The third-order valence-electron chi connectivity index (χ3n) is 4.46. The van der Waals surface area contributed by atoms with Crippen molar-refractivity contribution in [3.63, 3.8) is 0 Å². The van der Waals surface area contributed by atoms with Gasteiger partial charge >= 0.3 is 0 Å². The van der Waals surface area contributed by atoms with Crippen molar-refractivity contribution in [3.8, 4) is 16.9 Å². The van der Waals surface area contributed by atoms with Crippen LogP contribution in [0.3, 0.4) is 0 Å². The van der Waals surface area contributed by atoms with Gasteiger partial charge < -0.3 is 10.5 Å². The standard InChI is InChI=1S/C24H27NO/c1-18(2)14-19-8-10-21(11-9-19)22-12-13-23(16-25)24(15-22)26-17-20-6-4-3-5-7-20/h3-13,15,18H,14,16-17,25H2,1-2H3. The smallest absolute Gasteiger partial charge is 0.124 e. The summed E-state index contributed by atoms with van der Waals surface area (Å²) >= 11 is 0. The van der Waals surface area contributed by atoms with E-state index in [1.807, 2.05) is 18.2 Å². The molecule has 0 amide bonds. The number of ether oxygens (including phenoxy) is 1. The van der Waals surface area contributed by atoms with E-state index in [9.17, 15) is 0 Å². The van der Waals surface area contributed by atoms with Crippen LogP contribution < -0.4 is 10.5 Å². The number of hydrogen-bond donors (Lipinski definition) is 1. The zero-order chi connectivity index (χ0) is 18.4. The highest BCUT2D eigenvalue weighted by molar-refractivity contribution is 5.66. The molecule has 0 aliphatic heterocycles. The third kappa shape index (κ3) is 4.74. The maximum absolute atomic E-state index is 6.07. The summed E-state index contributed by atoms with van der Waals surface area (Å²) < 4.78 is 6.07. The van der Waals surface area contributed by atoms with Gasteiger partial charge in [0.2, 0.25) is 0 Å². The molecule has 0 radical (unpaired) electrons. The van der Waals surface area contributed by atoms with Crippen LogP contribution in [-0.2, 0) is 19.6 Å². The fourth-order valence-electron chi connectivity index (χ4n) is 3.08. The predicted molar refractivity (Wildman–Crippen MR) is 109 cm³/mol. The van der Waals surface area contributed by atoms with E-state index < -0.39 is 0 Å². The Morgan fingerprint density at radius 1 is 0.808 bits per heavy atom. The predicted octanol–water partition coefficient (Wildman–Crippen LogP) is 5.59. The summed E-state index contributed by atoms with van der Waals surface area (Å²) in [4.78, 5) is 0. The highest BCUT2D eigenvalue weighted by Crippen LogP contribution is 2.28. The van der Waals surface area contributed by atoms with Crippen molar-refractivity contribution in [2.24, 2.45) is 11.7 Å². The molecule has 2 nitrogen and oxygen atoms in total. The molecule has 0 heterocycles. The molecule has 0 saturated carbocycles. The van der Waals surface area contributed by atoms with Gasteiger partial charge in [0.1, 0.15) is 12.4 Å². The van der Waals surface area contributed by atoms with Crippen molar-refractivity contribution in [2.45, 2.75) is 33.4 Å². The summed E-state index contributed by atoms with van der Waals surface area (Å²) in [5.41, 5.74) is 11.8. The van der Waals surface area contributed by atoms with Crippen molar-refractivity contribution in [2.75, 3.05) is 0 Å². The summed E-state index contributed by atoms with van der Waals surface area (Å²) in [5.74, 6) is 1.53. The molecular weight excluding hydrogens is 318 g/mol. The normalized spacial score (nSPS) is 10.9. The first-order chi connectivity index (χ1) is 12.7. The summed E-state index contributed by atoms with van der Waals surface area (Å²) in [6.45, 7) is 5.51. The van der Waals surface area contributed by atoms with E-state index in [2.05, 4.69) is 68.4 Å². The van der Waals surface area contributed by atoms with Crippen molar-refractivity contribution >= 4 is 0 Å². The van der Waals surface area contributed by atoms with Crippen LogP contribution in [0.4, 0.5) is 0 Å². The van der Waals surface area contributed by atoms with Gasteiger partial charge in [0.25, 0.3) is 0 Å². The molecule has 134 valence electrons. The topological polar surface area (TPSA) is 35.2 Å². The zero-order valence-corrected chi connectivity index (χ0v) is 15.6. The Bertz CT molecular complexity index is 823. The molecule has 0 fully saturated rings. The summed E-state index contributed by atoms with van der Waals surface area (Å²) in [5, 5.41) is 0.